The standard InChI is InChI=1S/C14H16ClF3N2O/c1-8-5-11(6-12(15)19-8)13(21)20(7-14(16,17)18)9(2)10-3-4-10/h5-6,9-10H,3-4,7H2,1-2H3. The highest BCUT2D eigenvalue weighted by Gasteiger charge is 2.40. The SMILES string of the molecule is Cc1cc(C(=O)N(CC(F)(F)F)C(C)C2CC2)cc(Cl)n1. The van der Waals surface area contributed by atoms with Gasteiger partial charge in [-0.1, -0.05) is 11.6 Å². The monoisotopic (exact) mass is 320 g/mol. The molecule has 7 heteroatoms. The van der Waals surface area contributed by atoms with E-state index in [0.717, 1.165) is 17.7 Å². The zero-order valence-electron chi connectivity index (χ0n) is 11.7. The van der Waals surface area contributed by atoms with E-state index in [1.807, 2.05) is 0 Å². The van der Waals surface area contributed by atoms with Gasteiger partial charge in [-0.2, -0.15) is 13.2 Å². The number of amides is 1. The zero-order valence-corrected chi connectivity index (χ0v) is 12.5. The van der Waals surface area contributed by atoms with Gasteiger partial charge in [0.05, 0.1) is 0 Å². The summed E-state index contributed by atoms with van der Waals surface area (Å²) in [7, 11) is 0. The summed E-state index contributed by atoms with van der Waals surface area (Å²) < 4.78 is 38.3. The minimum Gasteiger partial charge on any atom is -0.327 e. The van der Waals surface area contributed by atoms with Crippen molar-refractivity contribution in [3.8, 4) is 0 Å². The molecule has 1 saturated carbocycles. The maximum absolute atomic E-state index is 12.8. The first-order valence-electron chi connectivity index (χ1n) is 6.69. The fourth-order valence-electron chi connectivity index (χ4n) is 2.34. The van der Waals surface area contributed by atoms with Gasteiger partial charge in [0.2, 0.25) is 0 Å². The molecule has 0 aliphatic heterocycles. The molecule has 1 fully saturated rings. The summed E-state index contributed by atoms with van der Waals surface area (Å²) in [6.07, 6.45) is -2.71. The van der Waals surface area contributed by atoms with E-state index in [-0.39, 0.29) is 16.6 Å². The first kappa shape index (κ1) is 16.1. The van der Waals surface area contributed by atoms with Gasteiger partial charge < -0.3 is 4.90 Å². The Labute approximate surface area is 126 Å². The van der Waals surface area contributed by atoms with Crippen LogP contribution in [0.1, 0.15) is 35.8 Å². The Balaban J connectivity index is 2.28. The lowest BCUT2D eigenvalue weighted by molar-refractivity contribution is -0.144. The molecule has 1 aliphatic rings. The first-order chi connectivity index (χ1) is 9.67. The van der Waals surface area contributed by atoms with Gasteiger partial charge in [-0.3, -0.25) is 4.79 Å². The van der Waals surface area contributed by atoms with E-state index in [0.29, 0.717) is 5.69 Å². The van der Waals surface area contributed by atoms with Crippen LogP contribution < -0.4 is 0 Å². The van der Waals surface area contributed by atoms with Gasteiger partial charge in [0, 0.05) is 17.3 Å². The quantitative estimate of drug-likeness (QED) is 0.790. The Hall–Kier alpha value is -1.30. The second kappa shape index (κ2) is 5.83. The van der Waals surface area contributed by atoms with Gasteiger partial charge in [-0.25, -0.2) is 4.98 Å². The third-order valence-electron chi connectivity index (χ3n) is 3.58. The van der Waals surface area contributed by atoms with Crippen molar-refractivity contribution in [3.05, 3.63) is 28.5 Å². The molecular weight excluding hydrogens is 305 g/mol. The number of aromatic nitrogens is 1. The number of nitrogens with zero attached hydrogens (tertiary/aromatic N) is 2. The molecule has 2 rings (SSSR count). The Morgan fingerprint density at radius 3 is 2.57 bits per heavy atom. The summed E-state index contributed by atoms with van der Waals surface area (Å²) in [4.78, 5) is 17.2. The number of alkyl halides is 3. The third-order valence-corrected chi connectivity index (χ3v) is 3.77. The van der Waals surface area contributed by atoms with Crippen molar-refractivity contribution in [1.82, 2.24) is 9.88 Å². The van der Waals surface area contributed by atoms with E-state index in [9.17, 15) is 18.0 Å². The van der Waals surface area contributed by atoms with E-state index in [1.165, 1.54) is 12.1 Å². The van der Waals surface area contributed by atoms with Crippen LogP contribution in [0, 0.1) is 12.8 Å². The molecule has 1 aliphatic carbocycles. The molecule has 116 valence electrons. The van der Waals surface area contributed by atoms with E-state index >= 15 is 0 Å². The molecule has 0 aromatic carbocycles. The smallest absolute Gasteiger partial charge is 0.327 e. The van der Waals surface area contributed by atoms with E-state index in [1.54, 1.807) is 13.8 Å². The van der Waals surface area contributed by atoms with Crippen LogP contribution in [0.4, 0.5) is 13.2 Å². The van der Waals surface area contributed by atoms with Crippen molar-refractivity contribution >= 4 is 17.5 Å². The van der Waals surface area contributed by atoms with Crippen molar-refractivity contribution in [1.29, 1.82) is 0 Å². The lowest BCUT2D eigenvalue weighted by atomic mass is 10.1. The van der Waals surface area contributed by atoms with Crippen molar-refractivity contribution in [2.24, 2.45) is 5.92 Å². The molecule has 0 radical (unpaired) electrons. The van der Waals surface area contributed by atoms with E-state index in [4.69, 9.17) is 11.6 Å². The number of carbonyl (C=O) groups is 1. The van der Waals surface area contributed by atoms with E-state index in [2.05, 4.69) is 4.98 Å². The van der Waals surface area contributed by atoms with Crippen molar-refractivity contribution in [3.63, 3.8) is 0 Å². The molecular formula is C14H16ClF3N2O. The number of carbonyl (C=O) groups excluding carboxylic acids is 1. The van der Waals surface area contributed by atoms with Gasteiger partial charge in [-0.05, 0) is 44.7 Å². The van der Waals surface area contributed by atoms with Gasteiger partial charge in [0.1, 0.15) is 11.7 Å². The second-order valence-corrected chi connectivity index (χ2v) is 5.83. The van der Waals surface area contributed by atoms with Crippen molar-refractivity contribution in [2.45, 2.75) is 38.9 Å². The molecule has 1 aromatic heterocycles. The minimum absolute atomic E-state index is 0.101. The molecule has 1 unspecified atom stereocenters. The maximum atomic E-state index is 12.8. The van der Waals surface area contributed by atoms with Crippen LogP contribution in [0.3, 0.4) is 0 Å². The van der Waals surface area contributed by atoms with Crippen LogP contribution in [0.25, 0.3) is 0 Å². The van der Waals surface area contributed by atoms with Crippen LogP contribution in [-0.2, 0) is 0 Å². The Morgan fingerprint density at radius 1 is 1.48 bits per heavy atom. The molecule has 1 aromatic rings. The highest BCUT2D eigenvalue weighted by molar-refractivity contribution is 6.29. The highest BCUT2D eigenvalue weighted by atomic mass is 35.5. The molecule has 1 atom stereocenters. The largest absolute Gasteiger partial charge is 0.406 e. The summed E-state index contributed by atoms with van der Waals surface area (Å²) in [5, 5.41) is 0.101. The number of rotatable bonds is 4. The Kier molecular flexibility index (Phi) is 4.46. The second-order valence-electron chi connectivity index (χ2n) is 5.45. The summed E-state index contributed by atoms with van der Waals surface area (Å²) in [5.74, 6) is -0.506. The fraction of sp³-hybridized carbons (Fsp3) is 0.571. The summed E-state index contributed by atoms with van der Waals surface area (Å²) in [5.41, 5.74) is 0.640. The van der Waals surface area contributed by atoms with Gasteiger partial charge in [0.15, 0.2) is 0 Å². The maximum Gasteiger partial charge on any atom is 0.406 e. The number of hydrogen-bond acceptors (Lipinski definition) is 2. The molecule has 1 heterocycles. The number of hydrogen-bond donors (Lipinski definition) is 0. The zero-order chi connectivity index (χ0) is 15.8. The van der Waals surface area contributed by atoms with Crippen LogP contribution >= 0.6 is 11.6 Å². The Morgan fingerprint density at radius 2 is 2.10 bits per heavy atom. The topological polar surface area (TPSA) is 33.2 Å². The number of halogens is 4. The summed E-state index contributed by atoms with van der Waals surface area (Å²) in [6.45, 7) is 2.06. The molecule has 3 nitrogen and oxygen atoms in total. The number of pyridine rings is 1. The normalized spacial score (nSPS) is 16.7. The lowest BCUT2D eigenvalue weighted by Gasteiger charge is -2.30. The molecule has 1 amide bonds. The third kappa shape index (κ3) is 4.33. The van der Waals surface area contributed by atoms with Gasteiger partial charge in [-0.15, -0.1) is 0 Å². The fourth-order valence-corrected chi connectivity index (χ4v) is 2.60. The van der Waals surface area contributed by atoms with Crippen molar-refractivity contribution < 1.29 is 18.0 Å². The van der Waals surface area contributed by atoms with E-state index < -0.39 is 24.7 Å². The molecule has 0 N–H and O–H groups in total. The average molecular weight is 321 g/mol. The first-order valence-corrected chi connectivity index (χ1v) is 7.07. The highest BCUT2D eigenvalue weighted by Crippen LogP contribution is 2.36. The predicted octanol–water partition coefficient (Wildman–Crippen LogP) is 3.85. The van der Waals surface area contributed by atoms with Crippen molar-refractivity contribution in [2.75, 3.05) is 6.54 Å². The predicted molar refractivity (Wildman–Crippen MR) is 73.3 cm³/mol. The van der Waals surface area contributed by atoms with Crippen LogP contribution in [0.15, 0.2) is 12.1 Å². The summed E-state index contributed by atoms with van der Waals surface area (Å²) in [6, 6.07) is 2.32. The van der Waals surface area contributed by atoms with Crippen LogP contribution in [-0.4, -0.2) is 34.6 Å². The van der Waals surface area contributed by atoms with Crippen LogP contribution in [0.5, 0.6) is 0 Å². The summed E-state index contributed by atoms with van der Waals surface area (Å²) >= 11 is 5.78. The van der Waals surface area contributed by atoms with Gasteiger partial charge in [0.25, 0.3) is 5.91 Å². The molecule has 0 spiro atoms. The molecule has 0 bridgehead atoms. The average Bonchev–Trinajstić information content (AvgIpc) is 3.16. The molecule has 0 saturated heterocycles. The van der Waals surface area contributed by atoms with Crippen LogP contribution in [0.2, 0.25) is 5.15 Å². The lowest BCUT2D eigenvalue weighted by Crippen LogP contribution is -2.45. The number of aryl methyl sites for hydroxylation is 1. The molecule has 21 heavy (non-hydrogen) atoms. The Bertz CT molecular complexity index is 523. The van der Waals surface area contributed by atoms with Gasteiger partial charge >= 0.3 is 6.18 Å². The minimum atomic E-state index is -4.43.